The molecule has 0 saturated heterocycles. The second-order valence-electron chi connectivity index (χ2n) is 4.18. The van der Waals surface area contributed by atoms with Gasteiger partial charge in [0.05, 0.1) is 18.5 Å². The van der Waals surface area contributed by atoms with Crippen LogP contribution in [0.3, 0.4) is 0 Å². The third-order valence-corrected chi connectivity index (χ3v) is 2.70. The van der Waals surface area contributed by atoms with Crippen molar-refractivity contribution in [3.8, 4) is 11.8 Å². The standard InChI is InChI=1S/C16H16N2O2/c17-11-3-6-13-5-1-2-8-15(13)18-16(19)10-9-14-7-4-12-20-14/h1-2,4-5,7-8,12H,9-11,17H2,(H,18,19). The lowest BCUT2D eigenvalue weighted by Gasteiger charge is -2.06. The number of para-hydroxylation sites is 1. The van der Waals surface area contributed by atoms with Crippen molar-refractivity contribution >= 4 is 11.6 Å². The molecule has 4 heteroatoms. The van der Waals surface area contributed by atoms with Gasteiger partial charge >= 0.3 is 0 Å². The Morgan fingerprint density at radius 1 is 1.25 bits per heavy atom. The molecule has 0 aliphatic rings. The highest BCUT2D eigenvalue weighted by atomic mass is 16.3. The highest BCUT2D eigenvalue weighted by Crippen LogP contribution is 2.14. The third-order valence-electron chi connectivity index (χ3n) is 2.70. The number of benzene rings is 1. The lowest BCUT2D eigenvalue weighted by atomic mass is 10.1. The van der Waals surface area contributed by atoms with Crippen molar-refractivity contribution in [2.75, 3.05) is 11.9 Å². The maximum Gasteiger partial charge on any atom is 0.224 e. The van der Waals surface area contributed by atoms with Crippen LogP contribution in [0.15, 0.2) is 47.1 Å². The molecule has 1 heterocycles. The highest BCUT2D eigenvalue weighted by Gasteiger charge is 2.06. The van der Waals surface area contributed by atoms with Crippen LogP contribution in [0.1, 0.15) is 17.7 Å². The van der Waals surface area contributed by atoms with E-state index in [1.54, 1.807) is 6.26 Å². The molecule has 4 nitrogen and oxygen atoms in total. The number of carbonyl (C=O) groups excluding carboxylic acids is 1. The quantitative estimate of drug-likeness (QED) is 0.835. The number of furan rings is 1. The number of hydrogen-bond acceptors (Lipinski definition) is 3. The molecule has 0 radical (unpaired) electrons. The highest BCUT2D eigenvalue weighted by molar-refractivity contribution is 5.92. The van der Waals surface area contributed by atoms with Crippen molar-refractivity contribution in [2.24, 2.45) is 5.73 Å². The summed E-state index contributed by atoms with van der Waals surface area (Å²) < 4.78 is 5.19. The third kappa shape index (κ3) is 4.01. The first-order valence-corrected chi connectivity index (χ1v) is 6.40. The normalized spacial score (nSPS) is 9.65. The molecular weight excluding hydrogens is 252 g/mol. The summed E-state index contributed by atoms with van der Waals surface area (Å²) in [6, 6.07) is 11.1. The summed E-state index contributed by atoms with van der Waals surface area (Å²) in [5, 5.41) is 2.86. The lowest BCUT2D eigenvalue weighted by molar-refractivity contribution is -0.116. The molecule has 0 aliphatic carbocycles. The molecule has 1 aromatic carbocycles. The van der Waals surface area contributed by atoms with Crippen molar-refractivity contribution in [1.82, 2.24) is 0 Å². The maximum absolute atomic E-state index is 11.9. The van der Waals surface area contributed by atoms with Gasteiger partial charge in [-0.3, -0.25) is 4.79 Å². The smallest absolute Gasteiger partial charge is 0.224 e. The van der Waals surface area contributed by atoms with E-state index in [0.717, 1.165) is 11.3 Å². The van der Waals surface area contributed by atoms with E-state index in [4.69, 9.17) is 10.2 Å². The maximum atomic E-state index is 11.9. The fourth-order valence-electron chi connectivity index (χ4n) is 1.75. The van der Waals surface area contributed by atoms with Crippen LogP contribution in [0, 0.1) is 11.8 Å². The predicted octanol–water partition coefficient (Wildman–Crippen LogP) is 2.16. The van der Waals surface area contributed by atoms with E-state index in [1.165, 1.54) is 0 Å². The average Bonchev–Trinajstić information content (AvgIpc) is 2.97. The molecule has 1 aromatic heterocycles. The Labute approximate surface area is 118 Å². The summed E-state index contributed by atoms with van der Waals surface area (Å²) in [4.78, 5) is 11.9. The van der Waals surface area contributed by atoms with Crippen molar-refractivity contribution in [2.45, 2.75) is 12.8 Å². The molecule has 0 atom stereocenters. The minimum absolute atomic E-state index is 0.0663. The molecule has 1 amide bonds. The van der Waals surface area contributed by atoms with Gasteiger partial charge in [-0.05, 0) is 24.3 Å². The fourth-order valence-corrected chi connectivity index (χ4v) is 1.75. The zero-order chi connectivity index (χ0) is 14.2. The topological polar surface area (TPSA) is 68.3 Å². The molecule has 2 rings (SSSR count). The monoisotopic (exact) mass is 268 g/mol. The van der Waals surface area contributed by atoms with E-state index in [2.05, 4.69) is 17.2 Å². The fraction of sp³-hybridized carbons (Fsp3) is 0.188. The second-order valence-corrected chi connectivity index (χ2v) is 4.18. The van der Waals surface area contributed by atoms with E-state index in [0.29, 0.717) is 25.1 Å². The summed E-state index contributed by atoms with van der Waals surface area (Å²) in [7, 11) is 0. The average molecular weight is 268 g/mol. The molecule has 0 unspecified atom stereocenters. The minimum Gasteiger partial charge on any atom is -0.469 e. The van der Waals surface area contributed by atoms with Crippen LogP contribution in [0.5, 0.6) is 0 Å². The minimum atomic E-state index is -0.0663. The van der Waals surface area contributed by atoms with Gasteiger partial charge in [-0.1, -0.05) is 24.0 Å². The Kier molecular flexibility index (Phi) is 4.99. The van der Waals surface area contributed by atoms with Gasteiger partial charge in [-0.15, -0.1) is 0 Å². The summed E-state index contributed by atoms with van der Waals surface area (Å²) in [6.45, 7) is 0.292. The van der Waals surface area contributed by atoms with Crippen molar-refractivity contribution in [3.63, 3.8) is 0 Å². The van der Waals surface area contributed by atoms with Crippen LogP contribution >= 0.6 is 0 Å². The van der Waals surface area contributed by atoms with Gasteiger partial charge < -0.3 is 15.5 Å². The van der Waals surface area contributed by atoms with Crippen molar-refractivity contribution < 1.29 is 9.21 Å². The molecule has 0 fully saturated rings. The summed E-state index contributed by atoms with van der Waals surface area (Å²) in [5.74, 6) is 6.46. The van der Waals surface area contributed by atoms with Crippen LogP contribution in [0.4, 0.5) is 5.69 Å². The number of hydrogen-bond donors (Lipinski definition) is 2. The summed E-state index contributed by atoms with van der Waals surface area (Å²) >= 11 is 0. The first-order valence-electron chi connectivity index (χ1n) is 6.40. The largest absolute Gasteiger partial charge is 0.469 e. The molecule has 0 aliphatic heterocycles. The van der Waals surface area contributed by atoms with E-state index < -0.39 is 0 Å². The first kappa shape index (κ1) is 13.9. The van der Waals surface area contributed by atoms with E-state index >= 15 is 0 Å². The number of nitrogens with one attached hydrogen (secondary N) is 1. The molecule has 3 N–H and O–H groups in total. The molecular formula is C16H16N2O2. The summed E-state index contributed by atoms with van der Waals surface area (Å²) in [5.41, 5.74) is 6.83. The summed E-state index contributed by atoms with van der Waals surface area (Å²) in [6.07, 6.45) is 2.55. The molecule has 2 aromatic rings. The Bertz CT molecular complexity index is 621. The lowest BCUT2D eigenvalue weighted by Crippen LogP contribution is -2.13. The Hall–Kier alpha value is -2.51. The molecule has 0 spiro atoms. The van der Waals surface area contributed by atoms with Crippen molar-refractivity contribution in [3.05, 3.63) is 54.0 Å². The molecule has 102 valence electrons. The zero-order valence-electron chi connectivity index (χ0n) is 11.1. The number of carbonyl (C=O) groups is 1. The van der Waals surface area contributed by atoms with Crippen LogP contribution < -0.4 is 11.1 Å². The van der Waals surface area contributed by atoms with Gasteiger partial charge in [0.2, 0.25) is 5.91 Å². The van der Waals surface area contributed by atoms with Crippen molar-refractivity contribution in [1.29, 1.82) is 0 Å². The number of aryl methyl sites for hydroxylation is 1. The number of anilines is 1. The van der Waals surface area contributed by atoms with Crippen LogP contribution in [-0.2, 0) is 11.2 Å². The number of nitrogens with two attached hydrogens (primary N) is 1. The van der Waals surface area contributed by atoms with Gasteiger partial charge in [-0.25, -0.2) is 0 Å². The number of amides is 1. The predicted molar refractivity (Wildman–Crippen MR) is 78.0 cm³/mol. The molecule has 0 bridgehead atoms. The Balaban J connectivity index is 1.97. The van der Waals surface area contributed by atoms with Gasteiger partial charge in [-0.2, -0.15) is 0 Å². The van der Waals surface area contributed by atoms with Gasteiger partial charge in [0.1, 0.15) is 5.76 Å². The molecule has 0 saturated carbocycles. The van der Waals surface area contributed by atoms with Crippen LogP contribution in [0.25, 0.3) is 0 Å². The van der Waals surface area contributed by atoms with Gasteiger partial charge in [0.25, 0.3) is 0 Å². The zero-order valence-corrected chi connectivity index (χ0v) is 11.1. The first-order chi connectivity index (χ1) is 9.79. The van der Waals surface area contributed by atoms with Crippen LogP contribution in [0.2, 0.25) is 0 Å². The Morgan fingerprint density at radius 3 is 2.85 bits per heavy atom. The van der Waals surface area contributed by atoms with Gasteiger partial charge in [0.15, 0.2) is 0 Å². The van der Waals surface area contributed by atoms with Gasteiger partial charge in [0, 0.05) is 18.4 Å². The van der Waals surface area contributed by atoms with E-state index in [-0.39, 0.29) is 5.91 Å². The molecule has 20 heavy (non-hydrogen) atoms. The van der Waals surface area contributed by atoms with E-state index in [1.807, 2.05) is 36.4 Å². The SMILES string of the molecule is NCC#Cc1ccccc1NC(=O)CCc1ccco1. The van der Waals surface area contributed by atoms with Crippen LogP contribution in [-0.4, -0.2) is 12.5 Å². The second kappa shape index (κ2) is 7.17. The Morgan fingerprint density at radius 2 is 2.10 bits per heavy atom. The van der Waals surface area contributed by atoms with E-state index in [9.17, 15) is 4.79 Å². The number of rotatable bonds is 4.